The van der Waals surface area contributed by atoms with E-state index in [1.54, 1.807) is 50.2 Å². The number of fused-ring (bicyclic) bond motifs is 5. The fraction of sp³-hybridized carbons (Fsp3) is 0.436. The van der Waals surface area contributed by atoms with Crippen molar-refractivity contribution in [3.05, 3.63) is 110 Å². The molecule has 5 aliphatic rings. The zero-order chi connectivity index (χ0) is 54.7. The summed E-state index contributed by atoms with van der Waals surface area (Å²) in [6.07, 6.45) is 5.75. The van der Waals surface area contributed by atoms with Gasteiger partial charge in [0.1, 0.15) is 31.8 Å². The number of benzene rings is 2. The Kier molecular flexibility index (Phi) is 15.9. The van der Waals surface area contributed by atoms with Crippen LogP contribution in [0.2, 0.25) is 0 Å². The SMILES string of the molecule is CC[C@]1(O)C(=O)OCc2c1cc1n(c2=O)Cc2c-1nc1cc(F)c(C)c3c1c2C(CC(=O)COCNC(=O)CNC(=O)C(Cc1ccccc1)NC(=O)CNC(=O)CNC(=O)C1CCC(CN2C(=O)C=CC2=O)CC1)CC3. The van der Waals surface area contributed by atoms with Crippen LogP contribution < -0.4 is 32.1 Å². The Bertz CT molecular complexity index is 3190. The molecule has 4 aromatic rings. The number of imide groups is 1. The van der Waals surface area contributed by atoms with Crippen molar-refractivity contribution in [1.82, 2.24) is 41.0 Å². The highest BCUT2D eigenvalue weighted by molar-refractivity contribution is 6.13. The van der Waals surface area contributed by atoms with Crippen molar-refractivity contribution in [2.45, 2.75) is 102 Å². The molecule has 0 radical (unpaired) electrons. The highest BCUT2D eigenvalue weighted by Gasteiger charge is 2.46. The summed E-state index contributed by atoms with van der Waals surface area (Å²) in [6.45, 7) is 1.21. The summed E-state index contributed by atoms with van der Waals surface area (Å²) < 4.78 is 27.7. The van der Waals surface area contributed by atoms with Crippen molar-refractivity contribution in [1.29, 1.82) is 0 Å². The van der Waals surface area contributed by atoms with Gasteiger partial charge in [0.25, 0.3) is 17.4 Å². The number of amides is 7. The molecule has 7 amide bonds. The highest BCUT2D eigenvalue weighted by atomic mass is 19.1. The van der Waals surface area contributed by atoms with Crippen LogP contribution in [-0.2, 0) is 84.2 Å². The maximum absolute atomic E-state index is 15.4. The first-order valence-corrected chi connectivity index (χ1v) is 25.8. The minimum absolute atomic E-state index is 0.0106. The molecular weight excluding hydrogens is 1000 g/mol. The van der Waals surface area contributed by atoms with Crippen LogP contribution in [0.15, 0.2) is 59.4 Å². The van der Waals surface area contributed by atoms with Crippen molar-refractivity contribution in [3.63, 3.8) is 0 Å². The summed E-state index contributed by atoms with van der Waals surface area (Å²) in [5, 5.41) is 24.7. The third-order valence-corrected chi connectivity index (χ3v) is 15.4. The smallest absolute Gasteiger partial charge is 0.343 e. The number of rotatable bonds is 20. The number of halogens is 1. The van der Waals surface area contributed by atoms with Crippen LogP contribution in [0.3, 0.4) is 0 Å². The molecule has 3 aliphatic heterocycles. The number of hydrogen-bond acceptors (Lipinski definition) is 14. The number of aryl methyl sites for hydroxylation is 1. The number of pyridine rings is 2. The van der Waals surface area contributed by atoms with E-state index in [9.17, 15) is 53.1 Å². The molecule has 9 rings (SSSR count). The van der Waals surface area contributed by atoms with Crippen molar-refractivity contribution >= 4 is 64.0 Å². The van der Waals surface area contributed by atoms with Gasteiger partial charge in [0.05, 0.1) is 48.6 Å². The van der Waals surface area contributed by atoms with Crippen molar-refractivity contribution < 1.29 is 62.1 Å². The zero-order valence-corrected chi connectivity index (χ0v) is 42.6. The molecule has 22 heteroatoms. The summed E-state index contributed by atoms with van der Waals surface area (Å²) in [7, 11) is 0. The topological polar surface area (TPSA) is 291 Å². The lowest BCUT2D eigenvalue weighted by Gasteiger charge is -2.31. The number of ether oxygens (including phenoxy) is 2. The third kappa shape index (κ3) is 11.3. The number of nitrogens with zero attached hydrogens (tertiary/aromatic N) is 3. The summed E-state index contributed by atoms with van der Waals surface area (Å²) in [5.41, 5.74) is 2.27. The van der Waals surface area contributed by atoms with Gasteiger partial charge < -0.3 is 45.7 Å². The summed E-state index contributed by atoms with van der Waals surface area (Å²) >= 11 is 0. The predicted molar refractivity (Wildman–Crippen MR) is 271 cm³/mol. The van der Waals surface area contributed by atoms with Gasteiger partial charge >= 0.3 is 5.97 Å². The number of esters is 1. The van der Waals surface area contributed by atoms with E-state index in [0.29, 0.717) is 84.1 Å². The molecule has 2 aromatic carbocycles. The number of aromatic nitrogens is 2. The lowest BCUT2D eigenvalue weighted by molar-refractivity contribution is -0.172. The van der Waals surface area contributed by atoms with E-state index in [4.69, 9.17) is 14.5 Å². The first kappa shape index (κ1) is 53.8. The fourth-order valence-electron chi connectivity index (χ4n) is 11.2. The van der Waals surface area contributed by atoms with Gasteiger partial charge in [-0.25, -0.2) is 14.2 Å². The molecular formula is C55H59FN8O13. The Balaban J connectivity index is 0.744. The lowest BCUT2D eigenvalue weighted by Crippen LogP contribution is -2.52. The molecule has 2 unspecified atom stereocenters. The van der Waals surface area contributed by atoms with E-state index in [-0.39, 0.29) is 105 Å². The number of hydrogen-bond donors (Lipinski definition) is 6. The van der Waals surface area contributed by atoms with Gasteiger partial charge in [0.2, 0.25) is 29.5 Å². The molecule has 2 aromatic heterocycles. The largest absolute Gasteiger partial charge is 0.458 e. The first-order valence-electron chi connectivity index (χ1n) is 25.8. The Morgan fingerprint density at radius 2 is 1.57 bits per heavy atom. The van der Waals surface area contributed by atoms with Gasteiger partial charge in [-0.2, -0.15) is 0 Å². The van der Waals surface area contributed by atoms with E-state index >= 15 is 4.39 Å². The van der Waals surface area contributed by atoms with Crippen LogP contribution in [0.25, 0.3) is 22.3 Å². The van der Waals surface area contributed by atoms with E-state index < -0.39 is 65.7 Å². The Morgan fingerprint density at radius 1 is 0.870 bits per heavy atom. The standard InChI is InChI=1S/C55H59FN8O13/c1-3-55(75)38-19-42-50-36(25-63(42)53(73)37(38)27-77-54(55)74)48-33(13-14-35-29(2)39(56)20-40(62-50)49(35)48)18-34(65)26-76-28-60-44(67)22-59-52(72)41(17-30-7-5-4-6-8-30)61-45(68)23-57-43(66)21-58-51(71)32-11-9-31(10-12-32)24-64-46(69)15-16-47(64)70/h4-8,15-16,19-20,31-33,41,75H,3,9-14,17-18,21-28H2,1-2H3,(H,57,66)(H,58,71)(H,59,72)(H,60,67)(H,61,68)/t31?,32?,33?,41?,55-/m1/s1. The molecule has 1 fully saturated rings. The first-order chi connectivity index (χ1) is 36.9. The minimum Gasteiger partial charge on any atom is -0.458 e. The number of carbonyl (C=O) groups is 9. The van der Waals surface area contributed by atoms with E-state index in [1.165, 1.54) is 27.7 Å². The number of cyclic esters (lactones) is 1. The lowest BCUT2D eigenvalue weighted by atomic mass is 9.76. The molecule has 21 nitrogen and oxygen atoms in total. The van der Waals surface area contributed by atoms with Crippen LogP contribution in [0, 0.1) is 24.6 Å². The van der Waals surface area contributed by atoms with Crippen LogP contribution in [-0.4, -0.2) is 118 Å². The van der Waals surface area contributed by atoms with Gasteiger partial charge in [-0.3, -0.25) is 48.1 Å². The minimum atomic E-state index is -2.04. The van der Waals surface area contributed by atoms with Gasteiger partial charge in [0, 0.05) is 60.0 Å². The normalized spacial score (nSPS) is 20.4. The summed E-state index contributed by atoms with van der Waals surface area (Å²) in [6, 6.07) is 10.6. The van der Waals surface area contributed by atoms with Crippen LogP contribution in [0.4, 0.5) is 4.39 Å². The Labute approximate surface area is 440 Å². The van der Waals surface area contributed by atoms with Crippen molar-refractivity contribution in [3.8, 4) is 11.4 Å². The number of aliphatic hydroxyl groups is 1. The van der Waals surface area contributed by atoms with E-state index in [1.807, 2.05) is 0 Å². The maximum Gasteiger partial charge on any atom is 0.343 e. The van der Waals surface area contributed by atoms with Gasteiger partial charge in [-0.05, 0) is 92.0 Å². The number of Topliss-reactive ketones (excluding diaryl/α,β-unsaturated/α-hetero) is 1. The fourth-order valence-corrected chi connectivity index (χ4v) is 11.2. The molecule has 0 spiro atoms. The number of ketones is 1. The van der Waals surface area contributed by atoms with E-state index in [0.717, 1.165) is 11.1 Å². The molecule has 6 N–H and O–H groups in total. The Hall–Kier alpha value is -7.98. The van der Waals surface area contributed by atoms with Crippen LogP contribution in [0.1, 0.15) is 96.7 Å². The molecule has 77 heavy (non-hydrogen) atoms. The zero-order valence-electron chi connectivity index (χ0n) is 42.6. The molecule has 3 atom stereocenters. The van der Waals surface area contributed by atoms with E-state index in [2.05, 4.69) is 26.6 Å². The second-order valence-electron chi connectivity index (χ2n) is 20.2. The molecule has 0 saturated heterocycles. The van der Waals surface area contributed by atoms with Crippen molar-refractivity contribution in [2.75, 3.05) is 39.5 Å². The molecule has 2 aliphatic carbocycles. The quantitative estimate of drug-likeness (QED) is 0.0278. The van der Waals surface area contributed by atoms with Crippen molar-refractivity contribution in [2.24, 2.45) is 11.8 Å². The molecule has 1 saturated carbocycles. The third-order valence-electron chi connectivity index (χ3n) is 15.4. The van der Waals surface area contributed by atoms with Crippen LogP contribution >= 0.6 is 0 Å². The summed E-state index contributed by atoms with van der Waals surface area (Å²) in [5.74, 6) is -5.96. The number of carbonyl (C=O) groups excluding carboxylic acids is 9. The Morgan fingerprint density at radius 3 is 2.30 bits per heavy atom. The van der Waals surface area contributed by atoms with Gasteiger partial charge in [0.15, 0.2) is 11.4 Å². The molecule has 0 bridgehead atoms. The molecule has 404 valence electrons. The monoisotopic (exact) mass is 1060 g/mol. The van der Waals surface area contributed by atoms with Gasteiger partial charge in [-0.15, -0.1) is 0 Å². The van der Waals surface area contributed by atoms with Gasteiger partial charge in [-0.1, -0.05) is 37.3 Å². The maximum atomic E-state index is 15.4. The van der Waals surface area contributed by atoms with Crippen LogP contribution in [0.5, 0.6) is 0 Å². The summed E-state index contributed by atoms with van der Waals surface area (Å²) in [4.78, 5) is 135. The average Bonchev–Trinajstić information content (AvgIpc) is 4.16. The number of nitrogens with one attached hydrogen (secondary N) is 5. The highest BCUT2D eigenvalue weighted by Crippen LogP contribution is 2.47. The second kappa shape index (κ2) is 22.7. The second-order valence-corrected chi connectivity index (χ2v) is 20.2. The average molecular weight is 1060 g/mol. The predicted octanol–water partition coefficient (Wildman–Crippen LogP) is 1.41. The molecule has 5 heterocycles.